The third-order valence-corrected chi connectivity index (χ3v) is 3.35. The fourth-order valence-corrected chi connectivity index (χ4v) is 2.42. The highest BCUT2D eigenvalue weighted by Crippen LogP contribution is 2.28. The predicted octanol–water partition coefficient (Wildman–Crippen LogP) is 4.74. The molecule has 0 N–H and O–H groups in total. The maximum absolute atomic E-state index is 13.4. The van der Waals surface area contributed by atoms with Crippen LogP contribution >= 0.6 is 15.9 Å². The molecule has 0 bridgehead atoms. The minimum absolute atomic E-state index is 0.154. The Morgan fingerprint density at radius 3 is 2.71 bits per heavy atom. The summed E-state index contributed by atoms with van der Waals surface area (Å²) in [6.45, 7) is 0. The lowest BCUT2D eigenvalue weighted by atomic mass is 10.1. The lowest BCUT2D eigenvalue weighted by Gasteiger charge is -2.09. The zero-order valence-corrected chi connectivity index (χ0v) is 12.3. The molecule has 21 heavy (non-hydrogen) atoms. The summed E-state index contributed by atoms with van der Waals surface area (Å²) in [6, 6.07) is 13.2. The molecule has 0 saturated carbocycles. The number of carbonyl (C=O) groups excluding carboxylic acids is 1. The molecule has 0 radical (unpaired) electrons. The molecular formula is C16H9BrFNO2. The lowest BCUT2D eigenvalue weighted by Crippen LogP contribution is -1.95. The molecule has 104 valence electrons. The van der Waals surface area contributed by atoms with Crippen molar-refractivity contribution in [2.75, 3.05) is 0 Å². The molecule has 3 aromatic rings. The van der Waals surface area contributed by atoms with Crippen LogP contribution < -0.4 is 4.74 Å². The fraction of sp³-hybridized carbons (Fsp3) is 0. The van der Waals surface area contributed by atoms with Crippen LogP contribution in [0.15, 0.2) is 53.0 Å². The Labute approximate surface area is 128 Å². The molecule has 0 aliphatic carbocycles. The zero-order valence-electron chi connectivity index (χ0n) is 10.7. The van der Waals surface area contributed by atoms with Gasteiger partial charge in [-0.1, -0.05) is 34.1 Å². The molecule has 0 saturated heterocycles. The van der Waals surface area contributed by atoms with Gasteiger partial charge in [0, 0.05) is 15.9 Å². The van der Waals surface area contributed by atoms with Crippen LogP contribution in [0.2, 0.25) is 0 Å². The van der Waals surface area contributed by atoms with E-state index in [1.807, 2.05) is 24.3 Å². The van der Waals surface area contributed by atoms with Gasteiger partial charge < -0.3 is 4.74 Å². The molecular weight excluding hydrogens is 337 g/mol. The predicted molar refractivity (Wildman–Crippen MR) is 81.3 cm³/mol. The van der Waals surface area contributed by atoms with Crippen molar-refractivity contribution in [1.82, 2.24) is 4.98 Å². The molecule has 5 heteroatoms. The molecule has 3 rings (SSSR count). The number of carbonyl (C=O) groups is 1. The minimum atomic E-state index is -0.437. The van der Waals surface area contributed by atoms with E-state index in [-0.39, 0.29) is 11.6 Å². The normalized spacial score (nSPS) is 10.6. The average molecular weight is 346 g/mol. The number of ether oxygens (including phenoxy) is 1. The average Bonchev–Trinajstić information content (AvgIpc) is 2.45. The first-order valence-electron chi connectivity index (χ1n) is 6.14. The molecule has 0 fully saturated rings. The third-order valence-electron chi connectivity index (χ3n) is 2.89. The van der Waals surface area contributed by atoms with Gasteiger partial charge >= 0.3 is 0 Å². The Balaban J connectivity index is 2.08. The number of fused-ring (bicyclic) bond motifs is 1. The van der Waals surface area contributed by atoms with E-state index < -0.39 is 5.82 Å². The molecule has 0 unspecified atom stereocenters. The van der Waals surface area contributed by atoms with Crippen molar-refractivity contribution in [1.29, 1.82) is 0 Å². The van der Waals surface area contributed by atoms with Crippen molar-refractivity contribution in [3.05, 3.63) is 64.4 Å². The zero-order chi connectivity index (χ0) is 14.8. The van der Waals surface area contributed by atoms with E-state index in [0.717, 1.165) is 5.39 Å². The third kappa shape index (κ3) is 2.92. The second-order valence-corrected chi connectivity index (χ2v) is 5.32. The van der Waals surface area contributed by atoms with E-state index in [0.29, 0.717) is 21.8 Å². The van der Waals surface area contributed by atoms with Crippen molar-refractivity contribution in [2.45, 2.75) is 0 Å². The molecule has 1 heterocycles. The van der Waals surface area contributed by atoms with Crippen molar-refractivity contribution in [3.8, 4) is 11.6 Å². The van der Waals surface area contributed by atoms with Gasteiger partial charge in [-0.3, -0.25) is 4.79 Å². The van der Waals surface area contributed by atoms with Crippen LogP contribution in [0, 0.1) is 5.82 Å². The summed E-state index contributed by atoms with van der Waals surface area (Å²) in [4.78, 5) is 15.5. The van der Waals surface area contributed by atoms with Crippen molar-refractivity contribution in [3.63, 3.8) is 0 Å². The van der Waals surface area contributed by atoms with E-state index in [9.17, 15) is 9.18 Å². The van der Waals surface area contributed by atoms with Crippen molar-refractivity contribution in [2.24, 2.45) is 0 Å². The van der Waals surface area contributed by atoms with Gasteiger partial charge in [-0.25, -0.2) is 9.37 Å². The molecule has 0 spiro atoms. The van der Waals surface area contributed by atoms with E-state index in [1.54, 1.807) is 12.1 Å². The summed E-state index contributed by atoms with van der Waals surface area (Å²) >= 11 is 3.19. The SMILES string of the molecule is O=Cc1cc2ccccc2nc1Oc1cc(F)cc(Br)c1. The Morgan fingerprint density at radius 1 is 1.14 bits per heavy atom. The smallest absolute Gasteiger partial charge is 0.230 e. The minimum Gasteiger partial charge on any atom is -0.438 e. The highest BCUT2D eigenvalue weighted by atomic mass is 79.9. The van der Waals surface area contributed by atoms with Crippen LogP contribution in [-0.4, -0.2) is 11.3 Å². The summed E-state index contributed by atoms with van der Waals surface area (Å²) < 4.78 is 19.5. The molecule has 3 nitrogen and oxygen atoms in total. The Kier molecular flexibility index (Phi) is 3.66. The molecule has 1 aromatic heterocycles. The largest absolute Gasteiger partial charge is 0.438 e. The van der Waals surface area contributed by atoms with E-state index in [2.05, 4.69) is 20.9 Å². The number of pyridine rings is 1. The van der Waals surface area contributed by atoms with Gasteiger partial charge in [0.15, 0.2) is 6.29 Å². The first-order valence-corrected chi connectivity index (χ1v) is 6.94. The van der Waals surface area contributed by atoms with E-state index in [4.69, 9.17) is 4.74 Å². The van der Waals surface area contributed by atoms with E-state index in [1.165, 1.54) is 12.1 Å². The van der Waals surface area contributed by atoms with Crippen LogP contribution in [-0.2, 0) is 0 Å². The maximum Gasteiger partial charge on any atom is 0.230 e. The van der Waals surface area contributed by atoms with Gasteiger partial charge in [0.1, 0.15) is 11.6 Å². The summed E-state index contributed by atoms with van der Waals surface area (Å²) in [7, 11) is 0. The Bertz CT molecular complexity index is 815. The Hall–Kier alpha value is -2.27. The second-order valence-electron chi connectivity index (χ2n) is 4.40. The number of benzene rings is 2. The van der Waals surface area contributed by atoms with Gasteiger partial charge in [0.2, 0.25) is 5.88 Å². The first kappa shape index (κ1) is 13.7. The molecule has 0 atom stereocenters. The highest BCUT2D eigenvalue weighted by molar-refractivity contribution is 9.10. The van der Waals surface area contributed by atoms with Crippen LogP contribution in [0.25, 0.3) is 10.9 Å². The number of hydrogen-bond donors (Lipinski definition) is 0. The standard InChI is InChI=1S/C16H9BrFNO2/c17-12-6-13(18)8-14(7-12)21-16-11(9-20)5-10-3-1-2-4-15(10)19-16/h1-9H. The van der Waals surface area contributed by atoms with Gasteiger partial charge in [-0.15, -0.1) is 0 Å². The number of halogens is 2. The van der Waals surface area contributed by atoms with Crippen LogP contribution in [0.4, 0.5) is 4.39 Å². The monoisotopic (exact) mass is 345 g/mol. The Morgan fingerprint density at radius 2 is 1.95 bits per heavy atom. The van der Waals surface area contributed by atoms with Crippen LogP contribution in [0.3, 0.4) is 0 Å². The van der Waals surface area contributed by atoms with Crippen molar-refractivity contribution < 1.29 is 13.9 Å². The number of rotatable bonds is 3. The van der Waals surface area contributed by atoms with Gasteiger partial charge in [-0.2, -0.15) is 0 Å². The summed E-state index contributed by atoms with van der Waals surface area (Å²) in [5.41, 5.74) is 1.02. The van der Waals surface area contributed by atoms with Gasteiger partial charge in [0.05, 0.1) is 11.1 Å². The highest BCUT2D eigenvalue weighted by Gasteiger charge is 2.10. The topological polar surface area (TPSA) is 39.2 Å². The number of nitrogens with zero attached hydrogens (tertiary/aromatic N) is 1. The lowest BCUT2D eigenvalue weighted by molar-refractivity contribution is 0.112. The van der Waals surface area contributed by atoms with Crippen molar-refractivity contribution >= 4 is 33.1 Å². The summed E-state index contributed by atoms with van der Waals surface area (Å²) in [5, 5.41) is 0.840. The van der Waals surface area contributed by atoms with Crippen LogP contribution in [0.5, 0.6) is 11.6 Å². The van der Waals surface area contributed by atoms with Crippen LogP contribution in [0.1, 0.15) is 10.4 Å². The number of aldehydes is 1. The maximum atomic E-state index is 13.4. The number of para-hydroxylation sites is 1. The molecule has 2 aromatic carbocycles. The first-order chi connectivity index (χ1) is 10.2. The van der Waals surface area contributed by atoms with Gasteiger partial charge in [-0.05, 0) is 24.3 Å². The number of aromatic nitrogens is 1. The summed E-state index contributed by atoms with van der Waals surface area (Å²) in [6.07, 6.45) is 0.670. The fourth-order valence-electron chi connectivity index (χ4n) is 1.98. The van der Waals surface area contributed by atoms with Gasteiger partial charge in [0.25, 0.3) is 0 Å². The molecule has 0 amide bonds. The second kappa shape index (κ2) is 5.61. The van der Waals surface area contributed by atoms with E-state index >= 15 is 0 Å². The molecule has 0 aliphatic heterocycles. The summed E-state index contributed by atoms with van der Waals surface area (Å²) in [5.74, 6) is -0.0122. The quantitative estimate of drug-likeness (QED) is 0.643. The number of hydrogen-bond acceptors (Lipinski definition) is 3. The molecule has 0 aliphatic rings.